The number of amides is 2. The number of para-hydroxylation sites is 1. The highest BCUT2D eigenvalue weighted by molar-refractivity contribution is 5.88. The molecule has 0 radical (unpaired) electrons. The van der Waals surface area contributed by atoms with E-state index in [1.807, 2.05) is 62.4 Å². The Morgan fingerprint density at radius 2 is 1.76 bits per heavy atom. The molecule has 0 saturated heterocycles. The van der Waals surface area contributed by atoms with Gasteiger partial charge in [-0.15, -0.1) is 0 Å². The van der Waals surface area contributed by atoms with E-state index < -0.39 is 6.04 Å². The molecule has 0 spiro atoms. The zero-order valence-electron chi connectivity index (χ0n) is 20.0. The van der Waals surface area contributed by atoms with Gasteiger partial charge in [-0.1, -0.05) is 56.5 Å². The van der Waals surface area contributed by atoms with Crippen LogP contribution in [0.25, 0.3) is 0 Å². The highest BCUT2D eigenvalue weighted by Gasteiger charge is 2.30. The minimum absolute atomic E-state index is 0.0813. The Bertz CT molecular complexity index is 907. The van der Waals surface area contributed by atoms with Crippen molar-refractivity contribution in [2.24, 2.45) is 0 Å². The molecule has 2 amide bonds. The predicted molar refractivity (Wildman–Crippen MR) is 129 cm³/mol. The third kappa shape index (κ3) is 6.98. The van der Waals surface area contributed by atoms with Gasteiger partial charge in [-0.05, 0) is 55.5 Å². The largest absolute Gasteiger partial charge is 0.497 e. The molecule has 0 bridgehead atoms. The van der Waals surface area contributed by atoms with Gasteiger partial charge in [-0.25, -0.2) is 0 Å². The maximum atomic E-state index is 13.3. The SMILES string of the molecule is CC[C@H](C(=O)NC1CCCCC1)N(Cc1ccc(OC)cc1)C(=O)COc1ccccc1C. The van der Waals surface area contributed by atoms with Gasteiger partial charge < -0.3 is 19.7 Å². The van der Waals surface area contributed by atoms with Crippen LogP contribution in [0.2, 0.25) is 0 Å². The monoisotopic (exact) mass is 452 g/mol. The van der Waals surface area contributed by atoms with Crippen molar-refractivity contribution in [1.29, 1.82) is 0 Å². The molecule has 1 saturated carbocycles. The maximum absolute atomic E-state index is 13.3. The Balaban J connectivity index is 1.76. The first kappa shape index (κ1) is 24.6. The van der Waals surface area contributed by atoms with E-state index in [0.717, 1.165) is 42.6 Å². The van der Waals surface area contributed by atoms with Crippen LogP contribution in [-0.4, -0.2) is 42.5 Å². The first-order chi connectivity index (χ1) is 16.0. The fourth-order valence-corrected chi connectivity index (χ4v) is 4.33. The zero-order valence-corrected chi connectivity index (χ0v) is 20.0. The summed E-state index contributed by atoms with van der Waals surface area (Å²) in [6, 6.07) is 14.8. The molecule has 2 aromatic carbocycles. The van der Waals surface area contributed by atoms with E-state index in [2.05, 4.69) is 5.32 Å². The first-order valence-electron chi connectivity index (χ1n) is 11.9. The maximum Gasteiger partial charge on any atom is 0.261 e. The number of carbonyl (C=O) groups excluding carboxylic acids is 2. The van der Waals surface area contributed by atoms with Crippen molar-refractivity contribution in [2.75, 3.05) is 13.7 Å². The number of rotatable bonds is 10. The number of hydrogen-bond donors (Lipinski definition) is 1. The first-order valence-corrected chi connectivity index (χ1v) is 11.9. The van der Waals surface area contributed by atoms with Gasteiger partial charge in [0.15, 0.2) is 6.61 Å². The van der Waals surface area contributed by atoms with Crippen LogP contribution in [0.15, 0.2) is 48.5 Å². The number of nitrogens with one attached hydrogen (secondary N) is 1. The average Bonchev–Trinajstić information content (AvgIpc) is 2.84. The highest BCUT2D eigenvalue weighted by atomic mass is 16.5. The number of aryl methyl sites for hydroxylation is 1. The molecule has 178 valence electrons. The van der Waals surface area contributed by atoms with Crippen LogP contribution in [0, 0.1) is 6.92 Å². The van der Waals surface area contributed by atoms with Gasteiger partial charge in [0.2, 0.25) is 5.91 Å². The zero-order chi connectivity index (χ0) is 23.6. The second-order valence-electron chi connectivity index (χ2n) is 8.69. The topological polar surface area (TPSA) is 67.9 Å². The summed E-state index contributed by atoms with van der Waals surface area (Å²) in [5.74, 6) is 1.14. The van der Waals surface area contributed by atoms with E-state index in [1.165, 1.54) is 6.42 Å². The third-order valence-electron chi connectivity index (χ3n) is 6.29. The van der Waals surface area contributed by atoms with E-state index in [9.17, 15) is 9.59 Å². The van der Waals surface area contributed by atoms with Gasteiger partial charge in [-0.2, -0.15) is 0 Å². The normalized spacial score (nSPS) is 14.9. The number of nitrogens with zero attached hydrogens (tertiary/aromatic N) is 1. The fraction of sp³-hybridized carbons (Fsp3) is 0.481. The molecule has 0 aliphatic heterocycles. The second kappa shape index (κ2) is 12.3. The molecular weight excluding hydrogens is 416 g/mol. The molecule has 3 rings (SSSR count). The summed E-state index contributed by atoms with van der Waals surface area (Å²) in [7, 11) is 1.62. The molecule has 1 atom stereocenters. The molecule has 1 aliphatic rings. The van der Waals surface area contributed by atoms with Crippen molar-refractivity contribution < 1.29 is 19.1 Å². The van der Waals surface area contributed by atoms with Gasteiger partial charge in [-0.3, -0.25) is 9.59 Å². The van der Waals surface area contributed by atoms with E-state index in [4.69, 9.17) is 9.47 Å². The molecule has 33 heavy (non-hydrogen) atoms. The van der Waals surface area contributed by atoms with E-state index >= 15 is 0 Å². The van der Waals surface area contributed by atoms with Crippen LogP contribution >= 0.6 is 0 Å². The van der Waals surface area contributed by atoms with Crippen LogP contribution in [0.3, 0.4) is 0 Å². The molecule has 0 heterocycles. The smallest absolute Gasteiger partial charge is 0.261 e. The van der Waals surface area contributed by atoms with E-state index in [1.54, 1.807) is 12.0 Å². The Morgan fingerprint density at radius 1 is 1.06 bits per heavy atom. The van der Waals surface area contributed by atoms with Crippen LogP contribution in [0.1, 0.15) is 56.6 Å². The lowest BCUT2D eigenvalue weighted by Gasteiger charge is -2.32. The summed E-state index contributed by atoms with van der Waals surface area (Å²) in [4.78, 5) is 28.2. The fourth-order valence-electron chi connectivity index (χ4n) is 4.33. The lowest BCUT2D eigenvalue weighted by atomic mass is 9.95. The summed E-state index contributed by atoms with van der Waals surface area (Å²) >= 11 is 0. The lowest BCUT2D eigenvalue weighted by molar-refractivity contribution is -0.143. The lowest BCUT2D eigenvalue weighted by Crippen LogP contribution is -2.52. The van der Waals surface area contributed by atoms with Crippen molar-refractivity contribution in [2.45, 2.75) is 71.0 Å². The minimum atomic E-state index is -0.554. The van der Waals surface area contributed by atoms with Crippen LogP contribution < -0.4 is 14.8 Å². The van der Waals surface area contributed by atoms with Gasteiger partial charge in [0.1, 0.15) is 17.5 Å². The Labute approximate surface area is 197 Å². The highest BCUT2D eigenvalue weighted by Crippen LogP contribution is 2.21. The molecule has 0 aromatic heterocycles. The van der Waals surface area contributed by atoms with Crippen LogP contribution in [0.4, 0.5) is 0 Å². The van der Waals surface area contributed by atoms with Crippen molar-refractivity contribution >= 4 is 11.8 Å². The van der Waals surface area contributed by atoms with Gasteiger partial charge in [0.25, 0.3) is 5.91 Å². The Kier molecular flexibility index (Phi) is 9.16. The average molecular weight is 453 g/mol. The number of ether oxygens (including phenoxy) is 2. The number of hydrogen-bond acceptors (Lipinski definition) is 4. The molecule has 2 aromatic rings. The van der Waals surface area contributed by atoms with Gasteiger partial charge >= 0.3 is 0 Å². The Hall–Kier alpha value is -3.02. The number of methoxy groups -OCH3 is 1. The standard InChI is InChI=1S/C27H36N2O4/c1-4-24(27(31)28-22-11-6-5-7-12-22)29(18-21-14-16-23(32-3)17-15-21)26(30)19-33-25-13-9-8-10-20(25)2/h8-10,13-17,22,24H,4-7,11-12,18-19H2,1-3H3,(H,28,31)/t24-/m1/s1. The van der Waals surface area contributed by atoms with Crippen molar-refractivity contribution in [3.8, 4) is 11.5 Å². The number of carbonyl (C=O) groups is 2. The van der Waals surface area contributed by atoms with Crippen LogP contribution in [0.5, 0.6) is 11.5 Å². The van der Waals surface area contributed by atoms with Crippen molar-refractivity contribution in [3.05, 3.63) is 59.7 Å². The van der Waals surface area contributed by atoms with E-state index in [-0.39, 0.29) is 24.5 Å². The Morgan fingerprint density at radius 3 is 2.39 bits per heavy atom. The molecular formula is C27H36N2O4. The summed E-state index contributed by atoms with van der Waals surface area (Å²) < 4.78 is 11.1. The summed E-state index contributed by atoms with van der Waals surface area (Å²) in [6.07, 6.45) is 6.05. The quantitative estimate of drug-likeness (QED) is 0.570. The summed E-state index contributed by atoms with van der Waals surface area (Å²) in [6.45, 7) is 4.10. The third-order valence-corrected chi connectivity index (χ3v) is 6.29. The summed E-state index contributed by atoms with van der Waals surface area (Å²) in [5.41, 5.74) is 1.90. The minimum Gasteiger partial charge on any atom is -0.497 e. The second-order valence-corrected chi connectivity index (χ2v) is 8.69. The molecule has 1 fully saturated rings. The van der Waals surface area contributed by atoms with E-state index in [0.29, 0.717) is 18.7 Å². The van der Waals surface area contributed by atoms with Crippen LogP contribution in [-0.2, 0) is 16.1 Å². The summed E-state index contributed by atoms with van der Waals surface area (Å²) in [5, 5.41) is 3.20. The van der Waals surface area contributed by atoms with Gasteiger partial charge in [0.05, 0.1) is 7.11 Å². The van der Waals surface area contributed by atoms with Gasteiger partial charge in [0, 0.05) is 12.6 Å². The molecule has 1 aliphatic carbocycles. The number of benzene rings is 2. The molecule has 6 nitrogen and oxygen atoms in total. The molecule has 6 heteroatoms. The molecule has 0 unspecified atom stereocenters. The van der Waals surface area contributed by atoms with Crippen molar-refractivity contribution in [3.63, 3.8) is 0 Å². The molecule has 1 N–H and O–H groups in total. The van der Waals surface area contributed by atoms with Crippen molar-refractivity contribution in [1.82, 2.24) is 10.2 Å². The predicted octanol–water partition coefficient (Wildman–Crippen LogP) is 4.64.